The average molecular weight is 900 g/mol. The van der Waals surface area contributed by atoms with Crippen LogP contribution in [0.3, 0.4) is 0 Å². The molecule has 350 valence electrons. The molecule has 0 spiro atoms. The van der Waals surface area contributed by atoms with Crippen molar-refractivity contribution < 1.29 is 24.2 Å². The van der Waals surface area contributed by atoms with E-state index in [-0.39, 0.29) is 53.0 Å². The van der Waals surface area contributed by atoms with Crippen LogP contribution in [0.2, 0.25) is 0 Å². The number of aromatic nitrogens is 3. The minimum absolute atomic E-state index is 0. The Bertz CT molecular complexity index is 2450. The molecule has 0 amide bonds. The maximum Gasteiger partial charge on any atom is 2.00 e. The topological polar surface area (TPSA) is 129 Å². The van der Waals surface area contributed by atoms with E-state index in [9.17, 15) is 14.7 Å². The van der Waals surface area contributed by atoms with Crippen LogP contribution in [0, 0.1) is 62.2 Å². The first kappa shape index (κ1) is 52.1. The smallest absolute Gasteiger partial charge is 0.657 e. The molecule has 3 aromatic rings. The van der Waals surface area contributed by atoms with Gasteiger partial charge in [0.05, 0.1) is 19.8 Å². The van der Waals surface area contributed by atoms with Crippen molar-refractivity contribution >= 4 is 70.6 Å². The van der Waals surface area contributed by atoms with Crippen LogP contribution >= 0.6 is 0 Å². The van der Waals surface area contributed by atoms with Crippen molar-refractivity contribution in [1.29, 1.82) is 0 Å². The van der Waals surface area contributed by atoms with E-state index >= 15 is 0 Å². The number of esters is 2. The van der Waals surface area contributed by atoms with E-state index in [0.29, 0.717) is 35.1 Å². The monoisotopic (exact) mass is 899 g/mol. The van der Waals surface area contributed by atoms with E-state index in [1.165, 1.54) is 64.0 Å². The first-order chi connectivity index (χ1) is 30.6. The SMILES string of the molecule is C=Cc1c2[n-]c(c1C)/C=C1\NC(C3=c4[n-]c(c(C)c4=C(O)[C@@H]3C(=O)OC)/C=c3\[nH]/c(c(C)c3CC)=C\2)[C@@H](CCC(=O)OCCC(C)CCC[C@H](C)CCC[C@H](C)CCCC(C)C)[C@@H]1C.[Mg+2]. The number of hydrogen-bond donors (Lipinski definition) is 3. The Morgan fingerprint density at radius 2 is 1.43 bits per heavy atom. The van der Waals surface area contributed by atoms with Crippen LogP contribution in [0.4, 0.5) is 0 Å². The molecule has 9 nitrogen and oxygen atoms in total. The second-order valence-corrected chi connectivity index (χ2v) is 20.2. The van der Waals surface area contributed by atoms with Crippen LogP contribution in [0.25, 0.3) is 35.6 Å². The number of allylic oxidation sites excluding steroid dienone is 1. The molecule has 2 unspecified atom stereocenters. The maximum atomic E-state index is 13.7. The second kappa shape index (κ2) is 23.2. The zero-order valence-corrected chi connectivity index (χ0v) is 43.1. The molecule has 1 fully saturated rings. The largest absolute Gasteiger partial charge is 2.00 e. The fourth-order valence-corrected chi connectivity index (χ4v) is 10.8. The number of carbonyl (C=O) groups is 2. The number of ether oxygens (including phenoxy) is 2. The molecule has 3 aliphatic rings. The van der Waals surface area contributed by atoms with Gasteiger partial charge in [0.25, 0.3) is 0 Å². The summed E-state index contributed by atoms with van der Waals surface area (Å²) in [5.74, 6) is 0.861. The van der Waals surface area contributed by atoms with Crippen molar-refractivity contribution in [1.82, 2.24) is 20.3 Å². The van der Waals surface area contributed by atoms with Gasteiger partial charge in [0.1, 0.15) is 11.7 Å². The average Bonchev–Trinajstić information content (AvgIpc) is 3.99. The van der Waals surface area contributed by atoms with Gasteiger partial charge in [0.15, 0.2) is 0 Å². The molecule has 1 aliphatic carbocycles. The summed E-state index contributed by atoms with van der Waals surface area (Å²) in [6, 6.07) is -0.428. The standard InChI is InChI=1S/C55H78N4O5.Mg/c1-13-39-35(8)42-28-44-37(10)41(24-25-48(60)64-27-26-34(7)23-17-22-33(6)21-16-20-32(5)19-15-18-31(3)4)52(58-44)50-51(55(62)63-12)54(61)49-38(11)45(59-53(49)50)30-47-40(14-2)36(9)43(57-47)29-46(39)56-42;/h13,28-34,37,41,51-52,57-58,61H,1,14-27H2,2-12H3;/q-2;+2/b43-29-,44-28-,47-30-;/t32-,33-,34?,37+,41+,51-,52?;/m1./s1. The fourth-order valence-electron chi connectivity index (χ4n) is 10.8. The van der Waals surface area contributed by atoms with Gasteiger partial charge in [-0.2, -0.15) is 0 Å². The van der Waals surface area contributed by atoms with Gasteiger partial charge in [-0.1, -0.05) is 148 Å². The van der Waals surface area contributed by atoms with Crippen LogP contribution in [0.1, 0.15) is 170 Å². The summed E-state index contributed by atoms with van der Waals surface area (Å²) in [5.41, 5.74) is 9.11. The Hall–Kier alpha value is -3.89. The van der Waals surface area contributed by atoms with Crippen molar-refractivity contribution in [3.63, 3.8) is 0 Å². The second-order valence-electron chi connectivity index (χ2n) is 20.2. The minimum Gasteiger partial charge on any atom is -0.657 e. The molecule has 0 saturated carbocycles. The number of nitrogens with zero attached hydrogens (tertiary/aromatic N) is 2. The van der Waals surface area contributed by atoms with Crippen LogP contribution in [0.5, 0.6) is 0 Å². The number of rotatable bonds is 21. The van der Waals surface area contributed by atoms with Gasteiger partial charge in [0, 0.05) is 34.0 Å². The third-order valence-corrected chi connectivity index (χ3v) is 15.0. The molecule has 10 heteroatoms. The maximum absolute atomic E-state index is 13.7. The molecule has 8 bridgehead atoms. The Labute approximate surface area is 405 Å². The van der Waals surface area contributed by atoms with Crippen molar-refractivity contribution in [2.45, 2.75) is 159 Å². The van der Waals surface area contributed by atoms with Crippen molar-refractivity contribution in [2.24, 2.45) is 41.4 Å². The van der Waals surface area contributed by atoms with Crippen LogP contribution in [-0.4, -0.2) is 64.8 Å². The molecule has 65 heavy (non-hydrogen) atoms. The number of fused-ring (bicyclic) bond motifs is 8. The third kappa shape index (κ3) is 11.8. The summed E-state index contributed by atoms with van der Waals surface area (Å²) in [5, 5.41) is 18.8. The van der Waals surface area contributed by atoms with Gasteiger partial charge in [-0.05, 0) is 91.9 Å². The zero-order valence-electron chi connectivity index (χ0n) is 41.7. The predicted octanol–water partition coefficient (Wildman–Crippen LogP) is 8.32. The van der Waals surface area contributed by atoms with E-state index in [1.807, 2.05) is 19.1 Å². The quantitative estimate of drug-likeness (QED) is 0.0720. The molecular formula is C55H78MgN4O5. The molecule has 0 radical (unpaired) electrons. The van der Waals surface area contributed by atoms with E-state index in [4.69, 9.17) is 19.4 Å². The third-order valence-electron chi connectivity index (χ3n) is 15.0. The fraction of sp³-hybridized carbons (Fsp3) is 0.600. The van der Waals surface area contributed by atoms with Crippen LogP contribution in [-0.2, 0) is 25.5 Å². The van der Waals surface area contributed by atoms with E-state index in [2.05, 4.69) is 91.3 Å². The number of carbonyl (C=O) groups excluding carboxylic acids is 2. The number of aromatic amines is 1. The van der Waals surface area contributed by atoms with Gasteiger partial charge in [-0.25, -0.2) is 0 Å². The summed E-state index contributed by atoms with van der Waals surface area (Å²) in [6.45, 7) is 26.7. The van der Waals surface area contributed by atoms with E-state index < -0.39 is 17.9 Å². The summed E-state index contributed by atoms with van der Waals surface area (Å²) in [6.07, 6.45) is 22.2. The number of aliphatic hydroxyl groups is 1. The summed E-state index contributed by atoms with van der Waals surface area (Å²) < 4.78 is 11.2. The van der Waals surface area contributed by atoms with Gasteiger partial charge >= 0.3 is 35.0 Å². The molecule has 1 saturated heterocycles. The summed E-state index contributed by atoms with van der Waals surface area (Å²) in [4.78, 5) is 41.1. The first-order valence-electron chi connectivity index (χ1n) is 24.6. The molecule has 3 N–H and O–H groups in total. The van der Waals surface area contributed by atoms with Gasteiger partial charge < -0.3 is 34.8 Å². The van der Waals surface area contributed by atoms with Gasteiger partial charge in [-0.15, -0.1) is 22.4 Å². The number of H-pyrrole nitrogens is 1. The number of nitrogens with one attached hydrogen (secondary N) is 2. The summed E-state index contributed by atoms with van der Waals surface area (Å²) in [7, 11) is 1.35. The Balaban J connectivity index is 0.00000793. The molecule has 6 rings (SSSR count). The number of aliphatic hydroxyl groups excluding tert-OH is 1. The van der Waals surface area contributed by atoms with Crippen molar-refractivity contribution in [2.75, 3.05) is 13.7 Å². The molecule has 0 aromatic carbocycles. The van der Waals surface area contributed by atoms with Gasteiger partial charge in [0.2, 0.25) is 0 Å². The van der Waals surface area contributed by atoms with Crippen molar-refractivity contribution in [3.8, 4) is 0 Å². The first-order valence-corrected chi connectivity index (χ1v) is 24.6. The number of hydrogen-bond acceptors (Lipinski definition) is 6. The summed E-state index contributed by atoms with van der Waals surface area (Å²) >= 11 is 0. The Morgan fingerprint density at radius 3 is 2.03 bits per heavy atom. The minimum atomic E-state index is -1.02. The predicted molar refractivity (Wildman–Crippen MR) is 267 cm³/mol. The van der Waals surface area contributed by atoms with Crippen LogP contribution in [0.15, 0.2) is 12.3 Å². The molecular weight excluding hydrogens is 821 g/mol. The van der Waals surface area contributed by atoms with Gasteiger partial charge in [-0.3, -0.25) is 9.59 Å². The van der Waals surface area contributed by atoms with E-state index in [1.54, 1.807) is 0 Å². The molecule has 7 atom stereocenters. The Kier molecular flexibility index (Phi) is 18.6. The van der Waals surface area contributed by atoms with Crippen molar-refractivity contribution in [3.05, 3.63) is 78.4 Å². The van der Waals surface area contributed by atoms with E-state index in [0.717, 1.165) is 92.7 Å². The molecule has 2 aliphatic heterocycles. The zero-order chi connectivity index (χ0) is 46.4. The molecule has 3 aromatic heterocycles. The Morgan fingerprint density at radius 1 is 0.831 bits per heavy atom. The van der Waals surface area contributed by atoms with Crippen LogP contribution < -0.4 is 36.6 Å². The molecule has 5 heterocycles. The number of methoxy groups -OCH3 is 1. The normalized spacial score (nSPS) is 21.9.